The summed E-state index contributed by atoms with van der Waals surface area (Å²) < 4.78 is 22.2. The summed E-state index contributed by atoms with van der Waals surface area (Å²) in [5, 5.41) is 3.01. The van der Waals surface area contributed by atoms with Crippen LogP contribution in [-0.2, 0) is 9.84 Å². The van der Waals surface area contributed by atoms with E-state index in [4.69, 9.17) is 0 Å². The van der Waals surface area contributed by atoms with E-state index in [0.717, 1.165) is 19.4 Å². The third-order valence-corrected chi connectivity index (χ3v) is 3.94. The number of sulfone groups is 1. The molecule has 0 saturated carbocycles. The lowest BCUT2D eigenvalue weighted by atomic mass is 10.1. The van der Waals surface area contributed by atoms with Crippen molar-refractivity contribution in [2.75, 3.05) is 25.1 Å². The highest BCUT2D eigenvalue weighted by atomic mass is 32.2. The predicted molar refractivity (Wildman–Crippen MR) is 45.3 cm³/mol. The highest BCUT2D eigenvalue weighted by molar-refractivity contribution is 7.91. The zero-order chi connectivity index (χ0) is 8.32. The molecule has 0 aromatic heterocycles. The topological polar surface area (TPSA) is 46.2 Å². The van der Waals surface area contributed by atoms with E-state index >= 15 is 0 Å². The highest BCUT2D eigenvalue weighted by Gasteiger charge is 2.23. The van der Waals surface area contributed by atoms with Crippen LogP contribution in [0.25, 0.3) is 0 Å². The second-order valence-electron chi connectivity index (χ2n) is 3.18. The Morgan fingerprint density at radius 2 is 2.27 bits per heavy atom. The molecule has 0 aliphatic carbocycles. The molecule has 1 atom stereocenters. The molecule has 1 N–H and O–H groups in total. The van der Waals surface area contributed by atoms with Crippen molar-refractivity contribution in [3.8, 4) is 0 Å². The molecule has 1 unspecified atom stereocenters. The molecule has 1 rings (SSSR count). The average molecular weight is 177 g/mol. The summed E-state index contributed by atoms with van der Waals surface area (Å²) in [6.07, 6.45) is 1.90. The first-order valence-electron chi connectivity index (χ1n) is 3.99. The van der Waals surface area contributed by atoms with Gasteiger partial charge >= 0.3 is 0 Å². The van der Waals surface area contributed by atoms with Crippen molar-refractivity contribution in [3.63, 3.8) is 0 Å². The predicted octanol–water partition coefficient (Wildman–Crippen LogP) is 0.0306. The lowest BCUT2D eigenvalue weighted by molar-refractivity contribution is 0.468. The van der Waals surface area contributed by atoms with Crippen LogP contribution in [-0.4, -0.2) is 33.5 Å². The van der Waals surface area contributed by atoms with Gasteiger partial charge in [-0.2, -0.15) is 0 Å². The second kappa shape index (κ2) is 3.54. The fraction of sp³-hybridized carbons (Fsp3) is 1.00. The quantitative estimate of drug-likeness (QED) is 0.647. The number of nitrogens with one attached hydrogen (secondary N) is 1. The molecular formula is C7H15NO2S. The first-order valence-corrected chi connectivity index (χ1v) is 5.81. The zero-order valence-corrected chi connectivity index (χ0v) is 7.65. The normalized spacial score (nSPS) is 30.1. The SMILES string of the molecule is CNCC1CCCS(=O)(=O)C1. The van der Waals surface area contributed by atoms with Gasteiger partial charge in [-0.3, -0.25) is 0 Å². The van der Waals surface area contributed by atoms with Crippen LogP contribution in [0.15, 0.2) is 0 Å². The van der Waals surface area contributed by atoms with Crippen LogP contribution in [0.5, 0.6) is 0 Å². The smallest absolute Gasteiger partial charge is 0.150 e. The van der Waals surface area contributed by atoms with Crippen molar-refractivity contribution in [1.29, 1.82) is 0 Å². The molecule has 1 heterocycles. The van der Waals surface area contributed by atoms with Gasteiger partial charge in [-0.1, -0.05) is 0 Å². The van der Waals surface area contributed by atoms with Crippen molar-refractivity contribution >= 4 is 9.84 Å². The molecular weight excluding hydrogens is 162 g/mol. The van der Waals surface area contributed by atoms with Gasteiger partial charge in [0.15, 0.2) is 9.84 Å². The van der Waals surface area contributed by atoms with E-state index in [1.165, 1.54) is 0 Å². The van der Waals surface area contributed by atoms with E-state index in [1.54, 1.807) is 0 Å². The van der Waals surface area contributed by atoms with Crippen molar-refractivity contribution < 1.29 is 8.42 Å². The first kappa shape index (κ1) is 9.00. The van der Waals surface area contributed by atoms with E-state index in [1.807, 2.05) is 7.05 Å². The Labute approximate surface area is 68.1 Å². The maximum absolute atomic E-state index is 11.1. The van der Waals surface area contributed by atoms with E-state index in [-0.39, 0.29) is 0 Å². The molecule has 3 nitrogen and oxygen atoms in total. The van der Waals surface area contributed by atoms with Gasteiger partial charge in [0.2, 0.25) is 0 Å². The van der Waals surface area contributed by atoms with Gasteiger partial charge in [-0.15, -0.1) is 0 Å². The number of hydrogen-bond acceptors (Lipinski definition) is 3. The molecule has 1 fully saturated rings. The van der Waals surface area contributed by atoms with Crippen molar-refractivity contribution in [2.24, 2.45) is 5.92 Å². The molecule has 1 aliphatic heterocycles. The summed E-state index contributed by atoms with van der Waals surface area (Å²) in [5.74, 6) is 1.12. The molecule has 1 aliphatic rings. The first-order chi connectivity index (χ1) is 5.14. The van der Waals surface area contributed by atoms with Gasteiger partial charge in [0.1, 0.15) is 0 Å². The Kier molecular flexibility index (Phi) is 2.90. The van der Waals surface area contributed by atoms with Gasteiger partial charge in [0, 0.05) is 0 Å². The summed E-state index contributed by atoms with van der Waals surface area (Å²) >= 11 is 0. The Hall–Kier alpha value is -0.0900. The van der Waals surface area contributed by atoms with E-state index in [0.29, 0.717) is 17.4 Å². The summed E-state index contributed by atoms with van der Waals surface area (Å²) in [6, 6.07) is 0. The average Bonchev–Trinajstić information content (AvgIpc) is 1.85. The molecule has 0 radical (unpaired) electrons. The third-order valence-electron chi connectivity index (χ3n) is 2.05. The van der Waals surface area contributed by atoms with Crippen molar-refractivity contribution in [2.45, 2.75) is 12.8 Å². The molecule has 66 valence electrons. The fourth-order valence-electron chi connectivity index (χ4n) is 1.57. The summed E-state index contributed by atoms with van der Waals surface area (Å²) in [5.41, 5.74) is 0. The molecule has 0 spiro atoms. The molecule has 1 saturated heterocycles. The summed E-state index contributed by atoms with van der Waals surface area (Å²) in [4.78, 5) is 0. The Balaban J connectivity index is 2.47. The Bertz CT molecular complexity index is 208. The molecule has 11 heavy (non-hydrogen) atoms. The van der Waals surface area contributed by atoms with Crippen LogP contribution in [0.2, 0.25) is 0 Å². The molecule has 0 aromatic carbocycles. The maximum Gasteiger partial charge on any atom is 0.150 e. The molecule has 4 heteroatoms. The van der Waals surface area contributed by atoms with E-state index in [9.17, 15) is 8.42 Å². The van der Waals surface area contributed by atoms with Gasteiger partial charge in [-0.25, -0.2) is 8.42 Å². The van der Waals surface area contributed by atoms with E-state index < -0.39 is 9.84 Å². The Morgan fingerprint density at radius 1 is 1.55 bits per heavy atom. The van der Waals surface area contributed by atoms with Crippen LogP contribution in [0.3, 0.4) is 0 Å². The fourth-order valence-corrected chi connectivity index (χ4v) is 3.34. The van der Waals surface area contributed by atoms with Crippen molar-refractivity contribution in [3.05, 3.63) is 0 Å². The second-order valence-corrected chi connectivity index (χ2v) is 5.41. The summed E-state index contributed by atoms with van der Waals surface area (Å²) in [7, 11) is -0.832. The van der Waals surface area contributed by atoms with Crippen LogP contribution < -0.4 is 5.32 Å². The number of rotatable bonds is 2. The zero-order valence-electron chi connectivity index (χ0n) is 6.84. The minimum atomic E-state index is -2.69. The van der Waals surface area contributed by atoms with Gasteiger partial charge in [0.25, 0.3) is 0 Å². The largest absolute Gasteiger partial charge is 0.319 e. The van der Waals surface area contributed by atoms with Gasteiger partial charge in [0.05, 0.1) is 11.5 Å². The minimum absolute atomic E-state index is 0.346. The monoisotopic (exact) mass is 177 g/mol. The van der Waals surface area contributed by atoms with Crippen LogP contribution in [0.1, 0.15) is 12.8 Å². The third kappa shape index (κ3) is 2.79. The van der Waals surface area contributed by atoms with Gasteiger partial charge < -0.3 is 5.32 Å². The minimum Gasteiger partial charge on any atom is -0.319 e. The lowest BCUT2D eigenvalue weighted by Gasteiger charge is -2.21. The molecule has 0 amide bonds. The Morgan fingerprint density at radius 3 is 2.82 bits per heavy atom. The van der Waals surface area contributed by atoms with Gasteiger partial charge in [-0.05, 0) is 32.4 Å². The van der Waals surface area contributed by atoms with Crippen LogP contribution in [0.4, 0.5) is 0 Å². The van der Waals surface area contributed by atoms with Crippen LogP contribution >= 0.6 is 0 Å². The maximum atomic E-state index is 11.1. The lowest BCUT2D eigenvalue weighted by Crippen LogP contribution is -2.31. The van der Waals surface area contributed by atoms with Crippen molar-refractivity contribution in [1.82, 2.24) is 5.32 Å². The van der Waals surface area contributed by atoms with Crippen LogP contribution in [0, 0.1) is 5.92 Å². The standard InChI is InChI=1S/C7H15NO2S/c1-8-5-7-3-2-4-11(9,10)6-7/h7-8H,2-6H2,1H3. The number of hydrogen-bond donors (Lipinski definition) is 1. The molecule has 0 aromatic rings. The summed E-state index contributed by atoms with van der Waals surface area (Å²) in [6.45, 7) is 0.833. The molecule has 0 bridgehead atoms. The van der Waals surface area contributed by atoms with E-state index in [2.05, 4.69) is 5.32 Å². The highest BCUT2D eigenvalue weighted by Crippen LogP contribution is 2.16.